The first-order chi connectivity index (χ1) is 12.2. The summed E-state index contributed by atoms with van der Waals surface area (Å²) in [5, 5.41) is 10.6. The van der Waals surface area contributed by atoms with E-state index in [9.17, 15) is 4.79 Å². The van der Waals surface area contributed by atoms with Gasteiger partial charge in [0, 0.05) is 45.3 Å². The molecule has 2 aliphatic rings. The molecule has 25 heavy (non-hydrogen) atoms. The molecule has 1 saturated carbocycles. The van der Waals surface area contributed by atoms with Crippen molar-refractivity contribution in [3.63, 3.8) is 0 Å². The van der Waals surface area contributed by atoms with E-state index in [2.05, 4.69) is 31.8 Å². The number of aliphatic imine (C=N–C) groups is 1. The van der Waals surface area contributed by atoms with Gasteiger partial charge in [0.2, 0.25) is 5.91 Å². The number of nitrogens with zero attached hydrogens (tertiary/aromatic N) is 4. The molecule has 2 fully saturated rings. The Morgan fingerprint density at radius 1 is 1.32 bits per heavy atom. The number of hydrogen-bond acceptors (Lipinski definition) is 3. The predicted molar refractivity (Wildman–Crippen MR) is 98.5 cm³/mol. The summed E-state index contributed by atoms with van der Waals surface area (Å²) in [5.41, 5.74) is 1.27. The number of aromatic nitrogens is 2. The molecule has 0 spiro atoms. The first-order valence-corrected chi connectivity index (χ1v) is 9.39. The van der Waals surface area contributed by atoms with Crippen molar-refractivity contribution in [1.29, 1.82) is 0 Å². The van der Waals surface area contributed by atoms with E-state index in [4.69, 9.17) is 0 Å². The molecule has 1 aromatic heterocycles. The molecule has 2 heterocycles. The molecule has 1 amide bonds. The highest BCUT2D eigenvalue weighted by Crippen LogP contribution is 2.26. The molecule has 1 saturated heterocycles. The van der Waals surface area contributed by atoms with Crippen LogP contribution >= 0.6 is 0 Å². The van der Waals surface area contributed by atoms with Gasteiger partial charge in [0.05, 0.1) is 12.7 Å². The van der Waals surface area contributed by atoms with E-state index >= 15 is 0 Å². The topological polar surface area (TPSA) is 74.6 Å². The summed E-state index contributed by atoms with van der Waals surface area (Å²) in [6, 6.07) is 0.354. The van der Waals surface area contributed by atoms with Crippen LogP contribution in [0.2, 0.25) is 0 Å². The predicted octanol–water partition coefficient (Wildman–Crippen LogP) is 1.23. The SMILES string of the molecule is CN=C(NCC(=O)NC1CCCCC1)N1CCC(c2cnn(C)c2)C1. The number of hydrogen-bond donors (Lipinski definition) is 2. The fraction of sp³-hybridized carbons (Fsp3) is 0.722. The Morgan fingerprint density at radius 2 is 2.12 bits per heavy atom. The third-order valence-corrected chi connectivity index (χ3v) is 5.27. The number of guanidine groups is 1. The minimum Gasteiger partial charge on any atom is -0.352 e. The Bertz CT molecular complexity index is 604. The molecule has 7 nitrogen and oxygen atoms in total. The van der Waals surface area contributed by atoms with Crippen LogP contribution in [0.5, 0.6) is 0 Å². The number of amides is 1. The summed E-state index contributed by atoms with van der Waals surface area (Å²) < 4.78 is 1.85. The second-order valence-electron chi connectivity index (χ2n) is 7.18. The third-order valence-electron chi connectivity index (χ3n) is 5.27. The monoisotopic (exact) mass is 346 g/mol. The van der Waals surface area contributed by atoms with E-state index in [-0.39, 0.29) is 12.5 Å². The van der Waals surface area contributed by atoms with Gasteiger partial charge in [-0.1, -0.05) is 19.3 Å². The van der Waals surface area contributed by atoms with Gasteiger partial charge in [-0.3, -0.25) is 14.5 Å². The number of likely N-dealkylation sites (tertiary alicyclic amines) is 1. The van der Waals surface area contributed by atoms with E-state index in [0.29, 0.717) is 12.0 Å². The van der Waals surface area contributed by atoms with Crippen molar-refractivity contribution < 1.29 is 4.79 Å². The number of carbonyl (C=O) groups is 1. The van der Waals surface area contributed by atoms with Crippen molar-refractivity contribution in [2.75, 3.05) is 26.7 Å². The van der Waals surface area contributed by atoms with Gasteiger partial charge in [-0.15, -0.1) is 0 Å². The third kappa shape index (κ3) is 4.74. The van der Waals surface area contributed by atoms with Crippen LogP contribution in [0.4, 0.5) is 0 Å². The molecular formula is C18H30N6O. The molecule has 0 aromatic carbocycles. The first-order valence-electron chi connectivity index (χ1n) is 9.39. The lowest BCUT2D eigenvalue weighted by molar-refractivity contribution is -0.120. The molecule has 0 bridgehead atoms. The lowest BCUT2D eigenvalue weighted by Gasteiger charge is -2.24. The summed E-state index contributed by atoms with van der Waals surface area (Å²) >= 11 is 0. The van der Waals surface area contributed by atoms with E-state index < -0.39 is 0 Å². The van der Waals surface area contributed by atoms with Crippen LogP contribution in [0, 0.1) is 0 Å². The number of rotatable bonds is 4. The van der Waals surface area contributed by atoms with Crippen LogP contribution in [-0.2, 0) is 11.8 Å². The van der Waals surface area contributed by atoms with Gasteiger partial charge in [-0.05, 0) is 24.8 Å². The number of carbonyl (C=O) groups excluding carboxylic acids is 1. The largest absolute Gasteiger partial charge is 0.352 e. The molecule has 3 rings (SSSR count). The average Bonchev–Trinajstić information content (AvgIpc) is 3.25. The molecule has 2 N–H and O–H groups in total. The number of aryl methyl sites for hydroxylation is 1. The normalized spacial score (nSPS) is 22.2. The van der Waals surface area contributed by atoms with Crippen LogP contribution in [0.25, 0.3) is 0 Å². The zero-order valence-electron chi connectivity index (χ0n) is 15.4. The quantitative estimate of drug-likeness (QED) is 0.635. The Balaban J connectivity index is 1.45. The summed E-state index contributed by atoms with van der Waals surface area (Å²) in [7, 11) is 3.72. The van der Waals surface area contributed by atoms with Gasteiger partial charge in [-0.25, -0.2) is 0 Å². The van der Waals surface area contributed by atoms with Gasteiger partial charge in [0.15, 0.2) is 5.96 Å². The average molecular weight is 346 g/mol. The lowest BCUT2D eigenvalue weighted by Crippen LogP contribution is -2.46. The van der Waals surface area contributed by atoms with Crippen molar-refractivity contribution in [3.05, 3.63) is 18.0 Å². The van der Waals surface area contributed by atoms with Crippen molar-refractivity contribution in [2.45, 2.75) is 50.5 Å². The molecule has 0 radical (unpaired) electrons. The van der Waals surface area contributed by atoms with Gasteiger partial charge >= 0.3 is 0 Å². The Labute approximate surface area is 149 Å². The molecule has 1 unspecified atom stereocenters. The zero-order chi connectivity index (χ0) is 17.6. The van der Waals surface area contributed by atoms with E-state index in [0.717, 1.165) is 38.3 Å². The van der Waals surface area contributed by atoms with Gasteiger partial charge in [0.25, 0.3) is 0 Å². The second-order valence-corrected chi connectivity index (χ2v) is 7.18. The van der Waals surface area contributed by atoms with Crippen LogP contribution in [-0.4, -0.2) is 59.3 Å². The van der Waals surface area contributed by atoms with Crippen molar-refractivity contribution in [1.82, 2.24) is 25.3 Å². The smallest absolute Gasteiger partial charge is 0.239 e. The molecule has 7 heteroatoms. The highest BCUT2D eigenvalue weighted by Gasteiger charge is 2.27. The molecule has 1 aromatic rings. The number of nitrogens with one attached hydrogen (secondary N) is 2. The highest BCUT2D eigenvalue weighted by atomic mass is 16.2. The summed E-state index contributed by atoms with van der Waals surface area (Å²) in [6.07, 6.45) is 11.1. The van der Waals surface area contributed by atoms with E-state index in [1.165, 1.54) is 24.8 Å². The highest BCUT2D eigenvalue weighted by molar-refractivity contribution is 5.86. The molecule has 138 valence electrons. The maximum absolute atomic E-state index is 12.2. The lowest BCUT2D eigenvalue weighted by atomic mass is 9.95. The minimum absolute atomic E-state index is 0.0658. The molecule has 1 atom stereocenters. The van der Waals surface area contributed by atoms with Crippen molar-refractivity contribution in [3.8, 4) is 0 Å². The van der Waals surface area contributed by atoms with Crippen LogP contribution in [0.15, 0.2) is 17.4 Å². The van der Waals surface area contributed by atoms with E-state index in [1.807, 2.05) is 17.9 Å². The fourth-order valence-corrected chi connectivity index (χ4v) is 3.89. The maximum Gasteiger partial charge on any atom is 0.239 e. The van der Waals surface area contributed by atoms with Gasteiger partial charge < -0.3 is 15.5 Å². The minimum atomic E-state index is 0.0658. The van der Waals surface area contributed by atoms with Gasteiger partial charge in [-0.2, -0.15) is 5.10 Å². The summed E-state index contributed by atoms with van der Waals surface area (Å²) in [5.74, 6) is 1.35. The van der Waals surface area contributed by atoms with Crippen LogP contribution in [0.3, 0.4) is 0 Å². The Kier molecular flexibility index (Phi) is 5.94. The second kappa shape index (κ2) is 8.36. The molecule has 1 aliphatic carbocycles. The first kappa shape index (κ1) is 17.8. The van der Waals surface area contributed by atoms with Crippen LogP contribution in [0.1, 0.15) is 50.0 Å². The Morgan fingerprint density at radius 3 is 2.80 bits per heavy atom. The van der Waals surface area contributed by atoms with Gasteiger partial charge in [0.1, 0.15) is 0 Å². The molecule has 1 aliphatic heterocycles. The fourth-order valence-electron chi connectivity index (χ4n) is 3.89. The van der Waals surface area contributed by atoms with E-state index in [1.54, 1.807) is 7.05 Å². The Hall–Kier alpha value is -2.05. The van der Waals surface area contributed by atoms with Crippen molar-refractivity contribution in [2.24, 2.45) is 12.0 Å². The molecular weight excluding hydrogens is 316 g/mol. The summed E-state index contributed by atoms with van der Waals surface area (Å²) in [4.78, 5) is 18.8. The summed E-state index contributed by atoms with van der Waals surface area (Å²) in [6.45, 7) is 2.15. The zero-order valence-corrected chi connectivity index (χ0v) is 15.4. The van der Waals surface area contributed by atoms with Crippen LogP contribution < -0.4 is 10.6 Å². The standard InChI is InChI=1S/C18H30N6O/c1-19-18(20-11-17(25)22-16-6-4-3-5-7-16)24-9-8-14(13-24)15-10-21-23(2)12-15/h10,12,14,16H,3-9,11,13H2,1-2H3,(H,19,20)(H,22,25). The van der Waals surface area contributed by atoms with Crippen molar-refractivity contribution >= 4 is 11.9 Å². The maximum atomic E-state index is 12.2.